The molecule has 11 aromatic rings. The molecule has 0 saturated heterocycles. The molecule has 0 unspecified atom stereocenters. The molecule has 0 spiro atoms. The Morgan fingerprint density at radius 1 is 0.207 bits per heavy atom. The summed E-state index contributed by atoms with van der Waals surface area (Å²) in [5, 5.41) is 14.2. The number of hydrogen-bond donors (Lipinski definition) is 0. The summed E-state index contributed by atoms with van der Waals surface area (Å²) >= 11 is 0. The van der Waals surface area contributed by atoms with E-state index in [0.29, 0.717) is 17.5 Å². The van der Waals surface area contributed by atoms with E-state index in [9.17, 15) is 0 Å². The van der Waals surface area contributed by atoms with Crippen LogP contribution in [0.15, 0.2) is 212 Å². The number of fused-ring (bicyclic) bond motifs is 12. The predicted octanol–water partition coefficient (Wildman–Crippen LogP) is 14.6. The lowest BCUT2D eigenvalue weighted by Crippen LogP contribution is -2.00. The molecule has 0 N–H and O–H groups in total. The first kappa shape index (κ1) is 33.6. The molecule has 1 aromatic heterocycles. The van der Waals surface area contributed by atoms with Gasteiger partial charge >= 0.3 is 0 Å². The van der Waals surface area contributed by atoms with Gasteiger partial charge in [-0.1, -0.05) is 200 Å². The van der Waals surface area contributed by atoms with E-state index in [2.05, 4.69) is 188 Å². The number of hydrogen-bond acceptors (Lipinski definition) is 3. The van der Waals surface area contributed by atoms with Crippen molar-refractivity contribution in [3.63, 3.8) is 0 Å². The summed E-state index contributed by atoms with van der Waals surface area (Å²) in [5.41, 5.74) is 5.04. The molecule has 1 heterocycles. The third-order valence-electron chi connectivity index (χ3n) is 11.3. The molecular weight excluding hydrogens is 703 g/mol. The highest BCUT2D eigenvalue weighted by Crippen LogP contribution is 2.40. The van der Waals surface area contributed by atoms with Crippen molar-refractivity contribution < 1.29 is 0 Å². The highest BCUT2D eigenvalue weighted by molar-refractivity contribution is 6.30. The second-order valence-electron chi connectivity index (χ2n) is 14.7. The first-order valence-corrected chi connectivity index (χ1v) is 19.7. The van der Waals surface area contributed by atoms with Gasteiger partial charge in [0.25, 0.3) is 0 Å². The molecule has 0 amide bonds. The van der Waals surface area contributed by atoms with E-state index in [1.54, 1.807) is 0 Å². The van der Waals surface area contributed by atoms with E-state index in [1.807, 2.05) is 24.3 Å². The van der Waals surface area contributed by atoms with Gasteiger partial charge in [-0.05, 0) is 87.9 Å². The normalized spacial score (nSPS) is 11.4. The van der Waals surface area contributed by atoms with Crippen LogP contribution in [0.4, 0.5) is 0 Å². The zero-order chi connectivity index (χ0) is 38.4. The van der Waals surface area contributed by atoms with Gasteiger partial charge in [0.1, 0.15) is 0 Å². The van der Waals surface area contributed by atoms with Crippen molar-refractivity contribution in [2.24, 2.45) is 0 Å². The number of rotatable bonds is 4. The quantitative estimate of drug-likeness (QED) is 0.181. The lowest BCUT2D eigenvalue weighted by atomic mass is 9.91. The molecule has 0 radical (unpaired) electrons. The second kappa shape index (κ2) is 14.1. The van der Waals surface area contributed by atoms with Gasteiger partial charge in [0.2, 0.25) is 0 Å². The topological polar surface area (TPSA) is 38.7 Å². The Morgan fingerprint density at radius 3 is 1.22 bits per heavy atom. The average molecular weight is 738 g/mol. The predicted molar refractivity (Wildman–Crippen MR) is 244 cm³/mol. The molecule has 11 rings (SSSR count). The van der Waals surface area contributed by atoms with Gasteiger partial charge in [-0.2, -0.15) is 0 Å². The van der Waals surface area contributed by atoms with E-state index in [1.165, 1.54) is 48.5 Å². The van der Waals surface area contributed by atoms with Crippen LogP contribution in [0, 0.1) is 0 Å². The lowest BCUT2D eigenvalue weighted by molar-refractivity contribution is 1.07. The summed E-state index contributed by atoms with van der Waals surface area (Å²) in [4.78, 5) is 15.5. The van der Waals surface area contributed by atoms with Crippen LogP contribution in [-0.4, -0.2) is 15.0 Å². The summed E-state index contributed by atoms with van der Waals surface area (Å²) in [6.45, 7) is 0. The van der Waals surface area contributed by atoms with Crippen molar-refractivity contribution in [1.29, 1.82) is 0 Å². The first-order valence-electron chi connectivity index (χ1n) is 19.7. The highest BCUT2D eigenvalue weighted by Gasteiger charge is 2.16. The molecule has 0 bridgehead atoms. The SMILES string of the molecule is c1ccc(-c2cccc(-c3nc(-c4ccccc4)nc(-c4ccc5c6ccccc6c6ccccc6c6ccccc6c6c7ccccc7ccc6c5c4)n3)c2)cc1. The van der Waals surface area contributed by atoms with Crippen LogP contribution in [0.3, 0.4) is 0 Å². The monoisotopic (exact) mass is 737 g/mol. The van der Waals surface area contributed by atoms with Crippen molar-refractivity contribution in [2.75, 3.05) is 0 Å². The van der Waals surface area contributed by atoms with Gasteiger partial charge in [0.15, 0.2) is 17.5 Å². The third kappa shape index (κ3) is 5.80. The summed E-state index contributed by atoms with van der Waals surface area (Å²) < 4.78 is 0. The van der Waals surface area contributed by atoms with Crippen LogP contribution in [0.1, 0.15) is 0 Å². The molecule has 270 valence electrons. The van der Waals surface area contributed by atoms with Crippen molar-refractivity contribution >= 4 is 64.6 Å². The fourth-order valence-electron chi connectivity index (χ4n) is 8.59. The average Bonchev–Trinajstić information content (AvgIpc) is 3.31. The maximum atomic E-state index is 5.25. The maximum Gasteiger partial charge on any atom is 0.164 e. The Morgan fingerprint density at radius 2 is 0.603 bits per heavy atom. The fourth-order valence-corrected chi connectivity index (χ4v) is 8.59. The molecule has 58 heavy (non-hydrogen) atoms. The van der Waals surface area contributed by atoms with Crippen LogP contribution in [-0.2, 0) is 0 Å². The summed E-state index contributed by atoms with van der Waals surface area (Å²) in [6, 6.07) is 75.6. The molecule has 0 aliphatic rings. The van der Waals surface area contributed by atoms with Crippen LogP contribution < -0.4 is 0 Å². The minimum Gasteiger partial charge on any atom is -0.208 e. The smallest absolute Gasteiger partial charge is 0.164 e. The molecule has 0 fully saturated rings. The fraction of sp³-hybridized carbons (Fsp3) is 0. The van der Waals surface area contributed by atoms with Crippen molar-refractivity contribution in [3.05, 3.63) is 212 Å². The summed E-state index contributed by atoms with van der Waals surface area (Å²) in [7, 11) is 0. The number of nitrogens with zero attached hydrogens (tertiary/aromatic N) is 3. The Bertz CT molecular complexity index is 3450. The largest absolute Gasteiger partial charge is 0.208 e. The molecule has 0 saturated carbocycles. The Labute approximate surface area is 335 Å². The second-order valence-corrected chi connectivity index (χ2v) is 14.7. The molecule has 10 aromatic carbocycles. The van der Waals surface area contributed by atoms with Crippen LogP contribution in [0.25, 0.3) is 110 Å². The van der Waals surface area contributed by atoms with Crippen LogP contribution in [0.5, 0.6) is 0 Å². The van der Waals surface area contributed by atoms with E-state index in [-0.39, 0.29) is 0 Å². The number of aromatic nitrogens is 3. The van der Waals surface area contributed by atoms with Crippen LogP contribution >= 0.6 is 0 Å². The molecule has 0 aliphatic heterocycles. The first-order chi connectivity index (χ1) is 28.8. The maximum absolute atomic E-state index is 5.25. The van der Waals surface area contributed by atoms with Crippen molar-refractivity contribution in [3.8, 4) is 45.3 Å². The van der Waals surface area contributed by atoms with Crippen LogP contribution in [0.2, 0.25) is 0 Å². The van der Waals surface area contributed by atoms with Gasteiger partial charge in [0, 0.05) is 16.7 Å². The Balaban J connectivity index is 1.28. The minimum absolute atomic E-state index is 0.621. The van der Waals surface area contributed by atoms with Crippen molar-refractivity contribution in [2.45, 2.75) is 0 Å². The van der Waals surface area contributed by atoms with Gasteiger partial charge < -0.3 is 0 Å². The zero-order valence-electron chi connectivity index (χ0n) is 31.5. The molecule has 3 nitrogen and oxygen atoms in total. The van der Waals surface area contributed by atoms with Gasteiger partial charge in [-0.15, -0.1) is 0 Å². The summed E-state index contributed by atoms with van der Waals surface area (Å²) in [6.07, 6.45) is 0. The third-order valence-corrected chi connectivity index (χ3v) is 11.3. The standard InChI is InChI=1S/C55H35N3/c1-3-16-36(17-4-1)39-21-15-22-40(34-39)54-56-53(38-19-5-2-6-20-38)57-55(58-54)41-31-32-48-46-27-12-10-25-44(46)43-24-9-11-26-45(43)47-28-13-14-29-49(47)52-42-23-8-7-18-37(42)30-33-50(52)51(48)35-41/h1-35H. The van der Waals surface area contributed by atoms with Gasteiger partial charge in [0.05, 0.1) is 0 Å². The van der Waals surface area contributed by atoms with Gasteiger partial charge in [-0.3, -0.25) is 0 Å². The Kier molecular flexibility index (Phi) is 8.15. The van der Waals surface area contributed by atoms with Gasteiger partial charge in [-0.25, -0.2) is 15.0 Å². The molecule has 0 aliphatic carbocycles. The Hall–Kier alpha value is -7.75. The lowest BCUT2D eigenvalue weighted by Gasteiger charge is -2.13. The van der Waals surface area contributed by atoms with E-state index in [4.69, 9.17) is 15.0 Å². The summed E-state index contributed by atoms with van der Waals surface area (Å²) in [5.74, 6) is 1.88. The zero-order valence-corrected chi connectivity index (χ0v) is 31.5. The molecule has 3 heteroatoms. The van der Waals surface area contributed by atoms with E-state index < -0.39 is 0 Å². The minimum atomic E-state index is 0.621. The number of benzene rings is 9. The molecule has 0 atom stereocenters. The van der Waals surface area contributed by atoms with E-state index in [0.717, 1.165) is 44.0 Å². The van der Waals surface area contributed by atoms with E-state index >= 15 is 0 Å². The molecular formula is C55H35N3. The van der Waals surface area contributed by atoms with Crippen molar-refractivity contribution in [1.82, 2.24) is 15.0 Å². The highest BCUT2D eigenvalue weighted by atomic mass is 15.0.